The highest BCUT2D eigenvalue weighted by Crippen LogP contribution is 2.37. The van der Waals surface area contributed by atoms with Gasteiger partial charge >= 0.3 is 5.97 Å². The molecule has 0 aromatic heterocycles. The van der Waals surface area contributed by atoms with Crippen molar-refractivity contribution in [1.29, 1.82) is 0 Å². The minimum atomic E-state index is -0.689. The van der Waals surface area contributed by atoms with Crippen LogP contribution in [0.5, 0.6) is 11.5 Å². The fraction of sp³-hybridized carbons (Fsp3) is 0.333. The van der Waals surface area contributed by atoms with Crippen LogP contribution >= 0.6 is 0 Å². The quantitative estimate of drug-likeness (QED) is 0.189. The maximum Gasteiger partial charge on any atom is 0.306 e. The monoisotopic (exact) mass is 618 g/mol. The predicted octanol–water partition coefficient (Wildman–Crippen LogP) is 7.42. The van der Waals surface area contributed by atoms with Gasteiger partial charge in [-0.05, 0) is 71.3 Å². The van der Waals surface area contributed by atoms with Crippen molar-refractivity contribution in [2.45, 2.75) is 65.5 Å². The summed E-state index contributed by atoms with van der Waals surface area (Å²) in [5.41, 5.74) is 7.11. The summed E-state index contributed by atoms with van der Waals surface area (Å²) in [4.78, 5) is 29.8. The van der Waals surface area contributed by atoms with E-state index >= 15 is 0 Å². The summed E-state index contributed by atoms with van der Waals surface area (Å²) in [5.74, 6) is 0.388. The van der Waals surface area contributed by atoms with Crippen molar-refractivity contribution in [3.8, 4) is 11.5 Å². The number of carbonyl (C=O) groups excluding carboxylic acids is 1. The fourth-order valence-electron chi connectivity index (χ4n) is 6.37. The van der Waals surface area contributed by atoms with Crippen LogP contribution in [-0.2, 0) is 37.6 Å². The fourth-order valence-corrected chi connectivity index (χ4v) is 6.37. The molecule has 0 radical (unpaired) electrons. The maximum absolute atomic E-state index is 14.2. The Hall–Kier alpha value is -4.62. The second kappa shape index (κ2) is 14.2. The molecule has 0 bridgehead atoms. The van der Waals surface area contributed by atoms with Gasteiger partial charge in [-0.2, -0.15) is 0 Å². The van der Waals surface area contributed by atoms with E-state index in [1.807, 2.05) is 77.7 Å². The van der Waals surface area contributed by atoms with Gasteiger partial charge in [0, 0.05) is 25.7 Å². The summed E-state index contributed by atoms with van der Waals surface area (Å²) in [6.07, 6.45) is 1.37. The van der Waals surface area contributed by atoms with Crippen molar-refractivity contribution in [2.75, 3.05) is 13.1 Å². The Balaban J connectivity index is 1.21. The molecule has 0 spiro atoms. The number of aliphatic carboxylic acids is 1. The van der Waals surface area contributed by atoms with Gasteiger partial charge in [-0.1, -0.05) is 92.7 Å². The predicted molar refractivity (Wildman–Crippen MR) is 178 cm³/mol. The zero-order valence-corrected chi connectivity index (χ0v) is 26.7. The molecule has 7 heteroatoms. The van der Waals surface area contributed by atoms with Crippen LogP contribution in [0.2, 0.25) is 0 Å². The number of carbonyl (C=O) groups is 2. The van der Waals surface area contributed by atoms with Crippen molar-refractivity contribution >= 4 is 11.9 Å². The van der Waals surface area contributed by atoms with E-state index in [9.17, 15) is 14.7 Å². The van der Waals surface area contributed by atoms with E-state index in [0.717, 1.165) is 53.2 Å². The third-order valence-electron chi connectivity index (χ3n) is 9.06. The van der Waals surface area contributed by atoms with E-state index in [2.05, 4.69) is 36.9 Å². The number of fused-ring (bicyclic) bond motifs is 1. The molecule has 2 aliphatic heterocycles. The third kappa shape index (κ3) is 7.43. The van der Waals surface area contributed by atoms with Crippen LogP contribution in [0.1, 0.15) is 76.3 Å². The van der Waals surface area contributed by atoms with Gasteiger partial charge in [0.25, 0.3) is 5.91 Å². The molecule has 1 saturated heterocycles. The topological polar surface area (TPSA) is 79.3 Å². The smallest absolute Gasteiger partial charge is 0.306 e. The summed E-state index contributed by atoms with van der Waals surface area (Å²) in [7, 11) is 0. The molecule has 1 fully saturated rings. The molecular weight excluding hydrogens is 576 g/mol. The van der Waals surface area contributed by atoms with Crippen molar-refractivity contribution < 1.29 is 24.2 Å². The van der Waals surface area contributed by atoms with Crippen LogP contribution < -0.4 is 9.47 Å². The second-order valence-electron chi connectivity index (χ2n) is 12.7. The number of rotatable bonds is 11. The van der Waals surface area contributed by atoms with E-state index in [1.54, 1.807) is 0 Å². The molecule has 1 N–H and O–H groups in total. The molecule has 4 aromatic rings. The van der Waals surface area contributed by atoms with Crippen LogP contribution in [0.15, 0.2) is 91.0 Å². The number of carboxylic acids is 1. The second-order valence-corrected chi connectivity index (χ2v) is 12.7. The van der Waals surface area contributed by atoms with E-state index in [4.69, 9.17) is 9.47 Å². The Kier molecular flexibility index (Phi) is 9.69. The minimum absolute atomic E-state index is 0.0620. The van der Waals surface area contributed by atoms with Crippen LogP contribution in [0.3, 0.4) is 0 Å². The molecule has 7 nitrogen and oxygen atoms in total. The molecule has 2 aliphatic rings. The van der Waals surface area contributed by atoms with E-state index in [1.165, 1.54) is 5.56 Å². The van der Waals surface area contributed by atoms with E-state index < -0.39 is 5.97 Å². The molecular formula is C39H42N2O5. The summed E-state index contributed by atoms with van der Waals surface area (Å²) >= 11 is 0. The molecule has 46 heavy (non-hydrogen) atoms. The molecule has 0 atom stereocenters. The number of likely N-dealkylation sites (tertiary alicyclic amines) is 1. The first-order chi connectivity index (χ1) is 22.3. The van der Waals surface area contributed by atoms with E-state index in [0.29, 0.717) is 50.5 Å². The molecule has 238 valence electrons. The van der Waals surface area contributed by atoms with Gasteiger partial charge in [0.05, 0.1) is 11.5 Å². The van der Waals surface area contributed by atoms with Crippen molar-refractivity contribution in [3.05, 3.63) is 130 Å². The Labute approximate surface area is 271 Å². The van der Waals surface area contributed by atoms with Crippen molar-refractivity contribution in [1.82, 2.24) is 9.80 Å². The highest BCUT2D eigenvalue weighted by molar-refractivity contribution is 5.98. The number of amides is 1. The summed E-state index contributed by atoms with van der Waals surface area (Å²) < 4.78 is 12.7. The van der Waals surface area contributed by atoms with Gasteiger partial charge in [-0.15, -0.1) is 0 Å². The molecule has 1 amide bonds. The maximum atomic E-state index is 14.2. The molecule has 0 saturated carbocycles. The van der Waals surface area contributed by atoms with Gasteiger partial charge in [-0.3, -0.25) is 14.5 Å². The minimum Gasteiger partial charge on any atom is -0.488 e. The summed E-state index contributed by atoms with van der Waals surface area (Å²) in [6, 6.07) is 30.4. The van der Waals surface area contributed by atoms with Gasteiger partial charge in [0.15, 0.2) is 0 Å². The molecule has 2 heterocycles. The lowest BCUT2D eigenvalue weighted by molar-refractivity contribution is -0.143. The van der Waals surface area contributed by atoms with Gasteiger partial charge in [-0.25, -0.2) is 0 Å². The highest BCUT2D eigenvalue weighted by atomic mass is 16.5. The van der Waals surface area contributed by atoms with Crippen molar-refractivity contribution in [2.24, 2.45) is 5.92 Å². The highest BCUT2D eigenvalue weighted by Gasteiger charge is 2.29. The molecule has 0 aliphatic carbocycles. The van der Waals surface area contributed by atoms with Crippen LogP contribution in [0.4, 0.5) is 0 Å². The van der Waals surface area contributed by atoms with Crippen LogP contribution in [0, 0.1) is 5.92 Å². The number of nitrogens with zero attached hydrogens (tertiary/aromatic N) is 2. The zero-order chi connectivity index (χ0) is 32.0. The Morgan fingerprint density at radius 2 is 1.37 bits per heavy atom. The Morgan fingerprint density at radius 1 is 0.761 bits per heavy atom. The lowest BCUT2D eigenvalue weighted by Crippen LogP contribution is -2.35. The number of benzene rings is 4. The number of hydrogen-bond donors (Lipinski definition) is 1. The largest absolute Gasteiger partial charge is 0.488 e. The normalized spacial score (nSPS) is 15.2. The first-order valence-corrected chi connectivity index (χ1v) is 16.2. The van der Waals surface area contributed by atoms with Gasteiger partial charge < -0.3 is 19.5 Å². The number of carboxylic acid groups (broad SMARTS) is 1. The average molecular weight is 619 g/mol. The number of hydrogen-bond acceptors (Lipinski definition) is 5. The lowest BCUT2D eigenvalue weighted by atomic mass is 9.96. The SMILES string of the molecule is CC(C)c1cc(C(=O)N2Cc3ccc(CN4CCC(C(=O)O)CC4)cc3C2)c(OCc2ccccc2)cc1OCc1ccccc1. The average Bonchev–Trinajstić information content (AvgIpc) is 3.50. The molecule has 4 aromatic carbocycles. The Morgan fingerprint density at radius 3 is 1.98 bits per heavy atom. The van der Waals surface area contributed by atoms with Crippen molar-refractivity contribution in [3.63, 3.8) is 0 Å². The Bertz CT molecular complexity index is 1660. The number of ether oxygens (including phenoxy) is 2. The summed E-state index contributed by atoms with van der Waals surface area (Å²) in [6.45, 7) is 8.42. The first kappa shape index (κ1) is 31.4. The molecule has 6 rings (SSSR count). The van der Waals surface area contributed by atoms with Crippen LogP contribution in [-0.4, -0.2) is 39.9 Å². The standard InChI is InChI=1S/C39H42N2O5/c1-27(2)34-20-35(37(46-26-29-11-7-4-8-12-29)21-36(34)45-25-28-9-5-3-6-10-28)38(42)41-23-32-14-13-30(19-33(32)24-41)22-40-17-15-31(16-18-40)39(43)44/h3-14,19-21,27,31H,15-18,22-26H2,1-2H3,(H,43,44). The molecule has 0 unspecified atom stereocenters. The van der Waals surface area contributed by atoms with E-state index in [-0.39, 0.29) is 17.7 Å². The first-order valence-electron chi connectivity index (χ1n) is 16.2. The lowest BCUT2D eigenvalue weighted by Gasteiger charge is -2.30. The zero-order valence-electron chi connectivity index (χ0n) is 26.7. The third-order valence-corrected chi connectivity index (χ3v) is 9.06. The van der Waals surface area contributed by atoms with Gasteiger partial charge in [0.2, 0.25) is 0 Å². The summed E-state index contributed by atoms with van der Waals surface area (Å²) in [5, 5.41) is 9.33. The number of piperidine rings is 1. The van der Waals surface area contributed by atoms with Gasteiger partial charge in [0.1, 0.15) is 24.7 Å². The van der Waals surface area contributed by atoms with Crippen LogP contribution in [0.25, 0.3) is 0 Å².